The molecule has 0 aromatic heterocycles. The van der Waals surface area contributed by atoms with Gasteiger partial charge in [-0.15, -0.1) is 0 Å². The Morgan fingerprint density at radius 2 is 1.71 bits per heavy atom. The van der Waals surface area contributed by atoms with Crippen molar-refractivity contribution < 1.29 is 18.6 Å². The molecule has 0 aliphatic heterocycles. The van der Waals surface area contributed by atoms with Crippen LogP contribution in [0, 0.1) is 23.0 Å². The van der Waals surface area contributed by atoms with Crippen LogP contribution < -0.4 is 5.73 Å². The van der Waals surface area contributed by atoms with Gasteiger partial charge in [-0.05, 0) is 58.9 Å². The average Bonchev–Trinajstić information content (AvgIpc) is 2.77. The van der Waals surface area contributed by atoms with E-state index >= 15 is 4.39 Å². The summed E-state index contributed by atoms with van der Waals surface area (Å²) in [6.45, 7) is 0.604. The van der Waals surface area contributed by atoms with Crippen molar-refractivity contribution in [2.45, 2.75) is 18.9 Å². The van der Waals surface area contributed by atoms with Crippen molar-refractivity contribution in [1.82, 2.24) is 0 Å². The second kappa shape index (κ2) is 10.3. The van der Waals surface area contributed by atoms with E-state index in [1.807, 2.05) is 6.07 Å². The highest BCUT2D eigenvalue weighted by Crippen LogP contribution is 2.35. The number of halogens is 2. The van der Waals surface area contributed by atoms with Gasteiger partial charge in [-0.1, -0.05) is 36.4 Å². The van der Waals surface area contributed by atoms with E-state index in [1.165, 1.54) is 18.2 Å². The Bertz CT molecular complexity index is 1110. The minimum absolute atomic E-state index is 0.0614. The molecule has 1 atom stereocenters. The molecular weight excluding hydrogens is 398 g/mol. The van der Waals surface area contributed by atoms with Crippen molar-refractivity contribution in [1.29, 1.82) is 5.26 Å². The van der Waals surface area contributed by atoms with Crippen LogP contribution in [-0.2, 0) is 17.6 Å². The first-order valence-corrected chi connectivity index (χ1v) is 9.95. The van der Waals surface area contributed by atoms with Crippen molar-refractivity contribution in [3.8, 4) is 28.3 Å². The van der Waals surface area contributed by atoms with Gasteiger partial charge in [0.15, 0.2) is 0 Å². The summed E-state index contributed by atoms with van der Waals surface area (Å²) < 4.78 is 34.4. The summed E-state index contributed by atoms with van der Waals surface area (Å²) >= 11 is 0. The monoisotopic (exact) mass is 422 g/mol. The number of hydrogen-bond acceptors (Lipinski definition) is 4. The van der Waals surface area contributed by atoms with E-state index < -0.39 is 17.7 Å². The second-order valence-electron chi connectivity index (χ2n) is 7.34. The molecule has 3 rings (SSSR count). The molecule has 160 valence electrons. The molecule has 0 radical (unpaired) electrons. The summed E-state index contributed by atoms with van der Waals surface area (Å²) in [5.74, 6) is -1.03. The summed E-state index contributed by atoms with van der Waals surface area (Å²) in [6, 6.07) is 16.5. The number of benzene rings is 3. The number of rotatable bonds is 8. The van der Waals surface area contributed by atoms with Gasteiger partial charge in [-0.2, -0.15) is 5.26 Å². The molecule has 0 amide bonds. The highest BCUT2D eigenvalue weighted by molar-refractivity contribution is 5.84. The molecule has 0 saturated heterocycles. The van der Waals surface area contributed by atoms with E-state index in [9.17, 15) is 9.50 Å². The van der Waals surface area contributed by atoms with Gasteiger partial charge in [0.1, 0.15) is 17.7 Å². The Labute approximate surface area is 180 Å². The van der Waals surface area contributed by atoms with Crippen LogP contribution in [0.3, 0.4) is 0 Å². The van der Waals surface area contributed by atoms with E-state index in [2.05, 4.69) is 0 Å². The summed E-state index contributed by atoms with van der Waals surface area (Å²) in [7, 11) is 1.59. The number of nitrogens with two attached hydrogens (primary N) is 1. The molecule has 0 aliphatic carbocycles. The predicted molar refractivity (Wildman–Crippen MR) is 116 cm³/mol. The van der Waals surface area contributed by atoms with E-state index in [1.54, 1.807) is 43.5 Å². The molecule has 0 aliphatic rings. The summed E-state index contributed by atoms with van der Waals surface area (Å²) in [5.41, 5.74) is 9.16. The zero-order chi connectivity index (χ0) is 22.4. The highest BCUT2D eigenvalue weighted by atomic mass is 19.1. The van der Waals surface area contributed by atoms with Gasteiger partial charge < -0.3 is 15.6 Å². The zero-order valence-electron chi connectivity index (χ0n) is 17.2. The van der Waals surface area contributed by atoms with Crippen LogP contribution >= 0.6 is 0 Å². The molecule has 3 aromatic carbocycles. The van der Waals surface area contributed by atoms with Gasteiger partial charge in [0.25, 0.3) is 0 Å². The van der Waals surface area contributed by atoms with Crippen LogP contribution in [0.4, 0.5) is 8.78 Å². The Morgan fingerprint density at radius 1 is 0.968 bits per heavy atom. The first kappa shape index (κ1) is 22.6. The molecule has 3 aromatic rings. The molecule has 6 heteroatoms. The van der Waals surface area contributed by atoms with Crippen molar-refractivity contribution >= 4 is 0 Å². The van der Waals surface area contributed by atoms with Crippen LogP contribution in [0.25, 0.3) is 22.3 Å². The first-order valence-electron chi connectivity index (χ1n) is 9.95. The molecule has 4 nitrogen and oxygen atoms in total. The van der Waals surface area contributed by atoms with Crippen LogP contribution in [-0.4, -0.2) is 31.5 Å². The number of hydrogen-bond donors (Lipinski definition) is 2. The Balaban J connectivity index is 2.12. The lowest BCUT2D eigenvalue weighted by Crippen LogP contribution is -2.21. The maximum atomic E-state index is 15.0. The standard InChI is InChI=1S/C25H24F2N2O2/c1-31-9-8-16-2-7-22(25(27)12-16)21-6-3-17(10-20(30)15-29)11-23(21)18-4-5-19(14-28)24(26)13-18/h2-7,11-13,20,30H,8-10,15,29H2,1H3. The number of methoxy groups -OCH3 is 1. The number of aliphatic hydroxyl groups excluding tert-OH is 1. The third-order valence-electron chi connectivity index (χ3n) is 5.15. The van der Waals surface area contributed by atoms with Gasteiger partial charge in [-0.3, -0.25) is 0 Å². The van der Waals surface area contributed by atoms with Gasteiger partial charge in [0, 0.05) is 19.2 Å². The molecule has 3 N–H and O–H groups in total. The normalized spacial score (nSPS) is 11.9. The SMILES string of the molecule is COCCc1ccc(-c2ccc(CC(O)CN)cc2-c2ccc(C#N)c(F)c2)c(F)c1. The quantitative estimate of drug-likeness (QED) is 0.570. The lowest BCUT2D eigenvalue weighted by Gasteiger charge is -2.16. The topological polar surface area (TPSA) is 79.3 Å². The van der Waals surface area contributed by atoms with Crippen LogP contribution in [0.5, 0.6) is 0 Å². The number of aliphatic hydroxyl groups is 1. The number of nitriles is 1. The van der Waals surface area contributed by atoms with Gasteiger partial charge in [0.2, 0.25) is 0 Å². The average molecular weight is 422 g/mol. The molecule has 0 spiro atoms. The van der Waals surface area contributed by atoms with Gasteiger partial charge >= 0.3 is 0 Å². The maximum Gasteiger partial charge on any atom is 0.141 e. The highest BCUT2D eigenvalue weighted by Gasteiger charge is 2.15. The van der Waals surface area contributed by atoms with Crippen molar-refractivity contribution in [2.24, 2.45) is 5.73 Å². The lowest BCUT2D eigenvalue weighted by molar-refractivity contribution is 0.183. The summed E-state index contributed by atoms with van der Waals surface area (Å²) in [4.78, 5) is 0. The lowest BCUT2D eigenvalue weighted by atomic mass is 9.90. The van der Waals surface area contributed by atoms with E-state index in [4.69, 9.17) is 15.7 Å². The largest absolute Gasteiger partial charge is 0.391 e. The van der Waals surface area contributed by atoms with Crippen molar-refractivity contribution in [2.75, 3.05) is 20.3 Å². The Morgan fingerprint density at radius 3 is 2.35 bits per heavy atom. The molecular formula is C25H24F2N2O2. The van der Waals surface area contributed by atoms with E-state index in [0.717, 1.165) is 11.1 Å². The number of nitrogens with zero attached hydrogens (tertiary/aromatic N) is 1. The molecule has 0 fully saturated rings. The first-order chi connectivity index (χ1) is 15.0. The summed E-state index contributed by atoms with van der Waals surface area (Å²) in [5, 5.41) is 18.9. The van der Waals surface area contributed by atoms with Gasteiger partial charge in [0.05, 0.1) is 18.3 Å². The molecule has 0 bridgehead atoms. The summed E-state index contributed by atoms with van der Waals surface area (Å²) in [6.07, 6.45) is 0.200. The Hall–Kier alpha value is -3.11. The molecule has 0 saturated carbocycles. The fourth-order valence-electron chi connectivity index (χ4n) is 3.47. The fraction of sp³-hybridized carbons (Fsp3) is 0.240. The van der Waals surface area contributed by atoms with Crippen molar-refractivity contribution in [3.05, 3.63) is 82.9 Å². The minimum atomic E-state index is -0.715. The van der Waals surface area contributed by atoms with Crippen LogP contribution in [0.1, 0.15) is 16.7 Å². The minimum Gasteiger partial charge on any atom is -0.391 e. The Kier molecular flexibility index (Phi) is 7.48. The maximum absolute atomic E-state index is 15.0. The zero-order valence-corrected chi connectivity index (χ0v) is 17.2. The van der Waals surface area contributed by atoms with Crippen LogP contribution in [0.15, 0.2) is 54.6 Å². The molecule has 31 heavy (non-hydrogen) atoms. The smallest absolute Gasteiger partial charge is 0.141 e. The van der Waals surface area contributed by atoms with Crippen molar-refractivity contribution in [3.63, 3.8) is 0 Å². The van der Waals surface area contributed by atoms with E-state index in [0.29, 0.717) is 41.7 Å². The predicted octanol–water partition coefficient (Wildman–Crippen LogP) is 4.22. The van der Waals surface area contributed by atoms with Crippen LogP contribution in [0.2, 0.25) is 0 Å². The third-order valence-corrected chi connectivity index (χ3v) is 5.15. The molecule has 1 unspecified atom stereocenters. The molecule has 0 heterocycles. The van der Waals surface area contributed by atoms with E-state index in [-0.39, 0.29) is 12.1 Å². The van der Waals surface area contributed by atoms with Gasteiger partial charge in [-0.25, -0.2) is 8.78 Å². The fourth-order valence-corrected chi connectivity index (χ4v) is 3.47. The second-order valence-corrected chi connectivity index (χ2v) is 7.34. The third kappa shape index (κ3) is 5.33. The number of ether oxygens (including phenoxy) is 1.